The molecule has 0 fully saturated rings. The SMILES string of the molecule is CCOC(=O)CCN(Cc1ccc(F)cc1)C(=O)c1ccccc1C. The minimum absolute atomic E-state index is 0.118. The lowest BCUT2D eigenvalue weighted by atomic mass is 10.1. The molecular formula is C20H22FNO3. The Morgan fingerprint density at radius 2 is 1.76 bits per heavy atom. The number of benzene rings is 2. The third kappa shape index (κ3) is 5.41. The smallest absolute Gasteiger partial charge is 0.307 e. The predicted molar refractivity (Wildman–Crippen MR) is 93.6 cm³/mol. The first-order valence-corrected chi connectivity index (χ1v) is 8.26. The van der Waals surface area contributed by atoms with Crippen molar-refractivity contribution < 1.29 is 18.7 Å². The van der Waals surface area contributed by atoms with Crippen molar-refractivity contribution in [2.45, 2.75) is 26.8 Å². The van der Waals surface area contributed by atoms with Gasteiger partial charge in [-0.15, -0.1) is 0 Å². The molecule has 0 aliphatic rings. The van der Waals surface area contributed by atoms with Gasteiger partial charge < -0.3 is 9.64 Å². The molecule has 0 aliphatic heterocycles. The van der Waals surface area contributed by atoms with Gasteiger partial charge in [0.05, 0.1) is 13.0 Å². The molecule has 0 atom stereocenters. The number of rotatable bonds is 7. The summed E-state index contributed by atoms with van der Waals surface area (Å²) >= 11 is 0. The van der Waals surface area contributed by atoms with Crippen LogP contribution in [0.2, 0.25) is 0 Å². The van der Waals surface area contributed by atoms with Gasteiger partial charge in [0.1, 0.15) is 5.82 Å². The number of carbonyl (C=O) groups excluding carboxylic acids is 2. The number of halogens is 1. The monoisotopic (exact) mass is 343 g/mol. The van der Waals surface area contributed by atoms with Gasteiger partial charge in [0, 0.05) is 18.7 Å². The molecule has 0 aliphatic carbocycles. The summed E-state index contributed by atoms with van der Waals surface area (Å²) in [5, 5.41) is 0. The van der Waals surface area contributed by atoms with Crippen LogP contribution in [0.5, 0.6) is 0 Å². The molecule has 0 heterocycles. The van der Waals surface area contributed by atoms with E-state index in [2.05, 4.69) is 0 Å². The topological polar surface area (TPSA) is 46.6 Å². The number of hydrogen-bond donors (Lipinski definition) is 0. The largest absolute Gasteiger partial charge is 0.466 e. The minimum atomic E-state index is -0.343. The van der Waals surface area contributed by atoms with Gasteiger partial charge in [-0.05, 0) is 43.2 Å². The fourth-order valence-electron chi connectivity index (χ4n) is 2.51. The highest BCUT2D eigenvalue weighted by Gasteiger charge is 2.19. The standard InChI is InChI=1S/C20H22FNO3/c1-3-25-19(23)12-13-22(14-16-8-10-17(21)11-9-16)20(24)18-7-5-4-6-15(18)2/h4-11H,3,12-14H2,1-2H3. The molecule has 0 saturated carbocycles. The second-order valence-corrected chi connectivity index (χ2v) is 5.72. The predicted octanol–water partition coefficient (Wildman–Crippen LogP) is 3.73. The Labute approximate surface area is 147 Å². The van der Waals surface area contributed by atoms with E-state index in [4.69, 9.17) is 4.74 Å². The van der Waals surface area contributed by atoms with Crippen molar-refractivity contribution in [3.8, 4) is 0 Å². The second-order valence-electron chi connectivity index (χ2n) is 5.72. The Morgan fingerprint density at radius 3 is 2.40 bits per heavy atom. The van der Waals surface area contributed by atoms with Crippen LogP contribution in [0, 0.1) is 12.7 Å². The normalized spacial score (nSPS) is 10.4. The van der Waals surface area contributed by atoms with Crippen molar-refractivity contribution in [2.24, 2.45) is 0 Å². The van der Waals surface area contributed by atoms with Crippen molar-refractivity contribution in [3.63, 3.8) is 0 Å². The Morgan fingerprint density at radius 1 is 1.08 bits per heavy atom. The number of amides is 1. The summed E-state index contributed by atoms with van der Waals surface area (Å²) in [5.41, 5.74) is 2.26. The average molecular weight is 343 g/mol. The van der Waals surface area contributed by atoms with E-state index in [0.717, 1.165) is 11.1 Å². The first-order valence-electron chi connectivity index (χ1n) is 8.26. The fraction of sp³-hybridized carbons (Fsp3) is 0.300. The maximum atomic E-state index is 13.1. The first-order chi connectivity index (χ1) is 12.0. The van der Waals surface area contributed by atoms with Crippen LogP contribution in [0.1, 0.15) is 34.8 Å². The van der Waals surface area contributed by atoms with E-state index in [1.165, 1.54) is 12.1 Å². The molecule has 0 saturated heterocycles. The molecule has 132 valence electrons. The maximum absolute atomic E-state index is 13.1. The van der Waals surface area contributed by atoms with Crippen LogP contribution >= 0.6 is 0 Å². The lowest BCUT2D eigenvalue weighted by molar-refractivity contribution is -0.143. The average Bonchev–Trinajstić information content (AvgIpc) is 2.60. The molecule has 0 aromatic heterocycles. The number of ether oxygens (including phenoxy) is 1. The molecule has 1 amide bonds. The minimum Gasteiger partial charge on any atom is -0.466 e. The lowest BCUT2D eigenvalue weighted by Gasteiger charge is -2.23. The maximum Gasteiger partial charge on any atom is 0.307 e. The summed E-state index contributed by atoms with van der Waals surface area (Å²) < 4.78 is 18.0. The fourth-order valence-corrected chi connectivity index (χ4v) is 2.51. The van der Waals surface area contributed by atoms with Crippen LogP contribution in [0.25, 0.3) is 0 Å². The Balaban J connectivity index is 2.18. The molecule has 2 rings (SSSR count). The van der Waals surface area contributed by atoms with Crippen molar-refractivity contribution in [1.82, 2.24) is 4.90 Å². The Hall–Kier alpha value is -2.69. The zero-order chi connectivity index (χ0) is 18.2. The van der Waals surface area contributed by atoms with Crippen LogP contribution < -0.4 is 0 Å². The van der Waals surface area contributed by atoms with Crippen molar-refractivity contribution in [3.05, 3.63) is 71.0 Å². The zero-order valence-corrected chi connectivity index (χ0v) is 14.5. The Bertz CT molecular complexity index is 728. The third-order valence-corrected chi connectivity index (χ3v) is 3.84. The van der Waals surface area contributed by atoms with Crippen molar-refractivity contribution >= 4 is 11.9 Å². The highest BCUT2D eigenvalue weighted by Crippen LogP contribution is 2.15. The van der Waals surface area contributed by atoms with Gasteiger partial charge in [-0.1, -0.05) is 30.3 Å². The molecule has 25 heavy (non-hydrogen) atoms. The van der Waals surface area contributed by atoms with Crippen molar-refractivity contribution in [1.29, 1.82) is 0 Å². The first kappa shape index (κ1) is 18.6. The number of aryl methyl sites for hydroxylation is 1. The summed E-state index contributed by atoms with van der Waals surface area (Å²) in [5.74, 6) is -0.831. The molecule has 0 bridgehead atoms. The van der Waals surface area contributed by atoms with E-state index in [-0.39, 0.29) is 30.7 Å². The van der Waals surface area contributed by atoms with E-state index >= 15 is 0 Å². The van der Waals surface area contributed by atoms with E-state index in [1.807, 2.05) is 25.1 Å². The Kier molecular flexibility index (Phi) is 6.69. The molecule has 0 unspecified atom stereocenters. The molecule has 2 aromatic carbocycles. The lowest BCUT2D eigenvalue weighted by Crippen LogP contribution is -2.33. The van der Waals surface area contributed by atoms with Crippen LogP contribution in [-0.2, 0) is 16.1 Å². The van der Waals surface area contributed by atoms with E-state index < -0.39 is 0 Å². The van der Waals surface area contributed by atoms with Crippen molar-refractivity contribution in [2.75, 3.05) is 13.2 Å². The number of hydrogen-bond acceptors (Lipinski definition) is 3. The highest BCUT2D eigenvalue weighted by molar-refractivity contribution is 5.95. The van der Waals surface area contributed by atoms with E-state index in [1.54, 1.807) is 30.0 Å². The molecule has 2 aromatic rings. The van der Waals surface area contributed by atoms with Crippen LogP contribution in [0.3, 0.4) is 0 Å². The van der Waals surface area contributed by atoms with Gasteiger partial charge in [-0.3, -0.25) is 9.59 Å². The van der Waals surface area contributed by atoms with Crippen LogP contribution in [0.15, 0.2) is 48.5 Å². The summed E-state index contributed by atoms with van der Waals surface area (Å²) in [6.07, 6.45) is 0.118. The second kappa shape index (κ2) is 8.97. The zero-order valence-electron chi connectivity index (χ0n) is 14.5. The third-order valence-electron chi connectivity index (χ3n) is 3.84. The summed E-state index contributed by atoms with van der Waals surface area (Å²) in [7, 11) is 0. The van der Waals surface area contributed by atoms with Gasteiger partial charge in [0.25, 0.3) is 5.91 Å². The van der Waals surface area contributed by atoms with Gasteiger partial charge in [-0.2, -0.15) is 0 Å². The van der Waals surface area contributed by atoms with E-state index in [0.29, 0.717) is 18.7 Å². The number of nitrogens with zero attached hydrogens (tertiary/aromatic N) is 1. The van der Waals surface area contributed by atoms with Gasteiger partial charge in [0.15, 0.2) is 0 Å². The van der Waals surface area contributed by atoms with Gasteiger partial charge in [-0.25, -0.2) is 4.39 Å². The van der Waals surface area contributed by atoms with Gasteiger partial charge >= 0.3 is 5.97 Å². The van der Waals surface area contributed by atoms with Gasteiger partial charge in [0.2, 0.25) is 0 Å². The molecule has 5 heteroatoms. The van der Waals surface area contributed by atoms with E-state index in [9.17, 15) is 14.0 Å². The quantitative estimate of drug-likeness (QED) is 0.720. The molecule has 0 spiro atoms. The number of esters is 1. The van der Waals surface area contributed by atoms with Crippen LogP contribution in [0.4, 0.5) is 4.39 Å². The summed E-state index contributed by atoms with van der Waals surface area (Å²) in [6, 6.07) is 13.3. The molecule has 0 radical (unpaired) electrons. The molecular weight excluding hydrogens is 321 g/mol. The molecule has 4 nitrogen and oxygen atoms in total. The summed E-state index contributed by atoms with van der Waals surface area (Å²) in [6.45, 7) is 4.46. The highest BCUT2D eigenvalue weighted by atomic mass is 19.1. The molecule has 0 N–H and O–H groups in total. The number of carbonyl (C=O) groups is 2. The van der Waals surface area contributed by atoms with Crippen LogP contribution in [-0.4, -0.2) is 29.9 Å². The summed E-state index contributed by atoms with van der Waals surface area (Å²) in [4.78, 5) is 26.2.